The maximum atomic E-state index is 11.2. The number of hydrogen-bond acceptors (Lipinski definition) is 2. The maximum absolute atomic E-state index is 11.2. The van der Waals surface area contributed by atoms with E-state index in [0.717, 1.165) is 11.1 Å². The van der Waals surface area contributed by atoms with E-state index in [1.54, 1.807) is 0 Å². The van der Waals surface area contributed by atoms with Gasteiger partial charge in [0, 0.05) is 16.6 Å². The molecule has 0 aliphatic rings. The average Bonchev–Trinajstić information content (AvgIpc) is 2.09. The molecule has 0 bridgehead atoms. The molecule has 0 spiro atoms. The predicted molar refractivity (Wildman–Crippen MR) is 54.0 cm³/mol. The lowest BCUT2D eigenvalue weighted by Gasteiger charge is -2.02. The lowest BCUT2D eigenvalue weighted by molar-refractivity contribution is -0.105. The maximum Gasteiger partial charge on any atom is 0.132 e. The molecule has 0 aromatic heterocycles. The molecule has 1 aromatic carbocycles. The van der Waals surface area contributed by atoms with Crippen molar-refractivity contribution in [3.63, 3.8) is 0 Å². The van der Waals surface area contributed by atoms with Gasteiger partial charge in [0.25, 0.3) is 0 Å². The Kier molecular flexibility index (Phi) is 3.83. The van der Waals surface area contributed by atoms with Gasteiger partial charge in [-0.05, 0) is 18.1 Å². The number of hydrogen-bond donors (Lipinski definition) is 0. The molecule has 0 amide bonds. The van der Waals surface area contributed by atoms with Crippen LogP contribution in [0, 0.1) is 6.92 Å². The van der Waals surface area contributed by atoms with E-state index in [1.807, 2.05) is 31.2 Å². The van der Waals surface area contributed by atoms with Crippen LogP contribution in [-0.4, -0.2) is 16.2 Å². The lowest BCUT2D eigenvalue weighted by atomic mass is 10.1. The molecule has 3 heteroatoms. The van der Waals surface area contributed by atoms with Crippen molar-refractivity contribution in [2.75, 3.05) is 5.75 Å². The highest BCUT2D eigenvalue weighted by atomic mass is 32.2. The van der Waals surface area contributed by atoms with Gasteiger partial charge in [0.05, 0.1) is 5.75 Å². The van der Waals surface area contributed by atoms with Gasteiger partial charge in [-0.3, -0.25) is 4.21 Å². The van der Waals surface area contributed by atoms with Crippen LogP contribution in [-0.2, 0) is 21.3 Å². The number of rotatable bonds is 4. The summed E-state index contributed by atoms with van der Waals surface area (Å²) >= 11 is 0. The summed E-state index contributed by atoms with van der Waals surface area (Å²) in [6.07, 6.45) is 0.703. The first-order chi connectivity index (χ1) is 6.24. The zero-order chi connectivity index (χ0) is 9.68. The summed E-state index contributed by atoms with van der Waals surface area (Å²) in [6.45, 7) is 1.98. The third-order valence-electron chi connectivity index (χ3n) is 1.83. The molecule has 0 aliphatic heterocycles. The quantitative estimate of drug-likeness (QED) is 0.683. The van der Waals surface area contributed by atoms with Crippen LogP contribution in [0.3, 0.4) is 0 Å². The summed E-state index contributed by atoms with van der Waals surface area (Å²) < 4.78 is 11.2. The van der Waals surface area contributed by atoms with Gasteiger partial charge >= 0.3 is 0 Å². The van der Waals surface area contributed by atoms with E-state index in [2.05, 4.69) is 0 Å². The average molecular weight is 196 g/mol. The number of aryl methyl sites for hydroxylation is 1. The minimum Gasteiger partial charge on any atom is -0.302 e. The van der Waals surface area contributed by atoms with E-state index in [9.17, 15) is 9.00 Å². The Morgan fingerprint density at radius 2 is 2.08 bits per heavy atom. The molecule has 0 N–H and O–H groups in total. The molecule has 0 saturated heterocycles. The summed E-state index contributed by atoms with van der Waals surface area (Å²) in [5, 5.41) is 0. The molecular formula is C10H12O2S. The fourth-order valence-corrected chi connectivity index (χ4v) is 2.02. The van der Waals surface area contributed by atoms with E-state index >= 15 is 0 Å². The Hall–Kier alpha value is -0.960. The number of aldehydes is 1. The van der Waals surface area contributed by atoms with Gasteiger partial charge < -0.3 is 4.79 Å². The molecule has 70 valence electrons. The Labute approximate surface area is 80.4 Å². The summed E-state index contributed by atoms with van der Waals surface area (Å²) in [7, 11) is -1.05. The Morgan fingerprint density at radius 3 is 2.69 bits per heavy atom. The molecule has 13 heavy (non-hydrogen) atoms. The van der Waals surface area contributed by atoms with E-state index < -0.39 is 10.8 Å². The third kappa shape index (κ3) is 3.11. The highest BCUT2D eigenvalue weighted by Gasteiger charge is 2.02. The normalized spacial score (nSPS) is 12.4. The van der Waals surface area contributed by atoms with Crippen LogP contribution < -0.4 is 0 Å². The molecule has 0 saturated carbocycles. The van der Waals surface area contributed by atoms with Crippen LogP contribution in [0.1, 0.15) is 11.1 Å². The second-order valence-corrected chi connectivity index (χ2v) is 4.35. The minimum absolute atomic E-state index is 0.133. The smallest absolute Gasteiger partial charge is 0.132 e. The SMILES string of the molecule is Cc1ccccc1CS(=O)CC=O. The Bertz CT molecular complexity index is 320. The first kappa shape index (κ1) is 10.1. The van der Waals surface area contributed by atoms with Crippen molar-refractivity contribution in [2.24, 2.45) is 0 Å². The van der Waals surface area contributed by atoms with Crippen LogP contribution in [0.2, 0.25) is 0 Å². The zero-order valence-corrected chi connectivity index (χ0v) is 8.34. The molecule has 0 fully saturated rings. The van der Waals surface area contributed by atoms with Gasteiger partial charge in [0.15, 0.2) is 0 Å². The van der Waals surface area contributed by atoms with E-state index in [-0.39, 0.29) is 5.75 Å². The van der Waals surface area contributed by atoms with Crippen molar-refractivity contribution in [1.82, 2.24) is 0 Å². The largest absolute Gasteiger partial charge is 0.302 e. The predicted octanol–water partition coefficient (Wildman–Crippen LogP) is 1.44. The third-order valence-corrected chi connectivity index (χ3v) is 2.97. The topological polar surface area (TPSA) is 34.1 Å². The number of carbonyl (C=O) groups is 1. The first-order valence-corrected chi connectivity index (χ1v) is 5.56. The summed E-state index contributed by atoms with van der Waals surface area (Å²) in [5.41, 5.74) is 2.18. The Balaban J connectivity index is 2.68. The van der Waals surface area contributed by atoms with Crippen molar-refractivity contribution in [3.8, 4) is 0 Å². The second-order valence-electron chi connectivity index (χ2n) is 2.84. The molecule has 0 aliphatic carbocycles. The molecule has 1 atom stereocenters. The fraction of sp³-hybridized carbons (Fsp3) is 0.300. The number of carbonyl (C=O) groups excluding carboxylic acids is 1. The van der Waals surface area contributed by atoms with Crippen molar-refractivity contribution in [1.29, 1.82) is 0 Å². The van der Waals surface area contributed by atoms with Crippen LogP contribution in [0.5, 0.6) is 0 Å². The van der Waals surface area contributed by atoms with Gasteiger partial charge in [-0.1, -0.05) is 24.3 Å². The van der Waals surface area contributed by atoms with Crippen LogP contribution >= 0.6 is 0 Å². The fourth-order valence-electron chi connectivity index (χ4n) is 1.08. The lowest BCUT2D eigenvalue weighted by Crippen LogP contribution is -2.02. The van der Waals surface area contributed by atoms with Gasteiger partial charge in [-0.25, -0.2) is 0 Å². The monoisotopic (exact) mass is 196 g/mol. The van der Waals surface area contributed by atoms with Crippen molar-refractivity contribution in [2.45, 2.75) is 12.7 Å². The minimum atomic E-state index is -1.05. The molecule has 1 rings (SSSR count). The summed E-state index contributed by atoms with van der Waals surface area (Å²) in [5.74, 6) is 0.611. The molecule has 1 aromatic rings. The molecule has 1 unspecified atom stereocenters. The molecule has 0 heterocycles. The van der Waals surface area contributed by atoms with Gasteiger partial charge in [0.1, 0.15) is 6.29 Å². The van der Waals surface area contributed by atoms with E-state index in [4.69, 9.17) is 0 Å². The standard InChI is InChI=1S/C10H12O2S/c1-9-4-2-3-5-10(9)8-13(12)7-6-11/h2-6H,7-8H2,1H3. The van der Waals surface area contributed by atoms with E-state index in [0.29, 0.717) is 12.0 Å². The molecule has 0 radical (unpaired) electrons. The van der Waals surface area contributed by atoms with Gasteiger partial charge in [-0.2, -0.15) is 0 Å². The van der Waals surface area contributed by atoms with Crippen LogP contribution in [0.15, 0.2) is 24.3 Å². The van der Waals surface area contributed by atoms with Crippen LogP contribution in [0.25, 0.3) is 0 Å². The zero-order valence-electron chi connectivity index (χ0n) is 7.53. The summed E-state index contributed by atoms with van der Waals surface area (Å²) in [4.78, 5) is 10.1. The van der Waals surface area contributed by atoms with Gasteiger partial charge in [0.2, 0.25) is 0 Å². The highest BCUT2D eigenvalue weighted by molar-refractivity contribution is 7.84. The van der Waals surface area contributed by atoms with Gasteiger partial charge in [-0.15, -0.1) is 0 Å². The first-order valence-electron chi connectivity index (χ1n) is 4.07. The second kappa shape index (κ2) is 4.92. The highest BCUT2D eigenvalue weighted by Crippen LogP contribution is 2.09. The van der Waals surface area contributed by atoms with Crippen molar-refractivity contribution < 1.29 is 9.00 Å². The Morgan fingerprint density at radius 1 is 1.38 bits per heavy atom. The molecule has 2 nitrogen and oxygen atoms in total. The van der Waals surface area contributed by atoms with Crippen molar-refractivity contribution >= 4 is 17.1 Å². The number of benzene rings is 1. The van der Waals surface area contributed by atoms with Crippen LogP contribution in [0.4, 0.5) is 0 Å². The summed E-state index contributed by atoms with van der Waals surface area (Å²) in [6, 6.07) is 7.79. The molecular weight excluding hydrogens is 184 g/mol. The van der Waals surface area contributed by atoms with E-state index in [1.165, 1.54) is 0 Å². The van der Waals surface area contributed by atoms with Crippen molar-refractivity contribution in [3.05, 3.63) is 35.4 Å².